The molecule has 116 valence electrons. The second kappa shape index (κ2) is 6.58. The van der Waals surface area contributed by atoms with Crippen LogP contribution in [0.25, 0.3) is 0 Å². The van der Waals surface area contributed by atoms with E-state index in [0.29, 0.717) is 17.9 Å². The topological polar surface area (TPSA) is 41.6 Å². The Hall–Kier alpha value is -1.39. The zero-order valence-electron chi connectivity index (χ0n) is 13.5. The van der Waals surface area contributed by atoms with Crippen LogP contribution in [0.4, 0.5) is 0 Å². The molecule has 0 aliphatic carbocycles. The largest absolute Gasteiger partial charge is 0.496 e. The SMILES string of the molecule is COc1ccc(C(C)(C)C)cc1C(=O)CN1CCNCC1. The van der Waals surface area contributed by atoms with Crippen LogP contribution in [-0.2, 0) is 5.41 Å². The standard InChI is InChI=1S/C17H26N2O2/c1-17(2,3)13-5-6-16(21-4)14(11-13)15(20)12-19-9-7-18-8-10-19/h5-6,11,18H,7-10,12H2,1-4H3. The molecular weight excluding hydrogens is 264 g/mol. The first kappa shape index (κ1) is 16.0. The number of carbonyl (C=O) groups excluding carboxylic acids is 1. The van der Waals surface area contributed by atoms with Crippen LogP contribution in [0.1, 0.15) is 36.7 Å². The Kier molecular flexibility index (Phi) is 5.01. The molecule has 0 spiro atoms. The zero-order chi connectivity index (χ0) is 15.5. The highest BCUT2D eigenvalue weighted by Gasteiger charge is 2.21. The average molecular weight is 290 g/mol. The Balaban J connectivity index is 2.21. The van der Waals surface area contributed by atoms with Crippen molar-refractivity contribution in [1.29, 1.82) is 0 Å². The molecule has 1 aromatic rings. The lowest BCUT2D eigenvalue weighted by molar-refractivity contribution is 0.0918. The highest BCUT2D eigenvalue weighted by atomic mass is 16.5. The van der Waals surface area contributed by atoms with Gasteiger partial charge in [-0.2, -0.15) is 0 Å². The van der Waals surface area contributed by atoms with Crippen LogP contribution in [0.5, 0.6) is 5.75 Å². The van der Waals surface area contributed by atoms with Crippen molar-refractivity contribution in [2.75, 3.05) is 39.8 Å². The van der Waals surface area contributed by atoms with Gasteiger partial charge in [-0.1, -0.05) is 26.8 Å². The molecule has 1 aliphatic rings. The van der Waals surface area contributed by atoms with E-state index in [1.807, 2.05) is 18.2 Å². The minimum atomic E-state index is 0.0242. The third kappa shape index (κ3) is 4.05. The van der Waals surface area contributed by atoms with Crippen molar-refractivity contribution in [2.24, 2.45) is 0 Å². The van der Waals surface area contributed by atoms with Crippen molar-refractivity contribution in [3.63, 3.8) is 0 Å². The summed E-state index contributed by atoms with van der Waals surface area (Å²) in [6, 6.07) is 5.94. The molecule has 0 saturated carbocycles. The number of hydrogen-bond donors (Lipinski definition) is 1. The first-order valence-corrected chi connectivity index (χ1v) is 7.56. The first-order chi connectivity index (χ1) is 9.91. The summed E-state index contributed by atoms with van der Waals surface area (Å²) in [7, 11) is 1.62. The van der Waals surface area contributed by atoms with Gasteiger partial charge < -0.3 is 10.1 Å². The molecule has 1 aromatic carbocycles. The number of nitrogens with one attached hydrogen (secondary N) is 1. The van der Waals surface area contributed by atoms with Gasteiger partial charge in [-0.05, 0) is 23.1 Å². The lowest BCUT2D eigenvalue weighted by atomic mass is 9.85. The van der Waals surface area contributed by atoms with Crippen LogP contribution in [0.2, 0.25) is 0 Å². The molecule has 1 saturated heterocycles. The van der Waals surface area contributed by atoms with Crippen LogP contribution < -0.4 is 10.1 Å². The second-order valence-electron chi connectivity index (χ2n) is 6.61. The second-order valence-corrected chi connectivity index (χ2v) is 6.61. The van der Waals surface area contributed by atoms with Crippen molar-refractivity contribution in [2.45, 2.75) is 26.2 Å². The number of nitrogens with zero attached hydrogens (tertiary/aromatic N) is 1. The number of ketones is 1. The van der Waals surface area contributed by atoms with Gasteiger partial charge in [-0.25, -0.2) is 0 Å². The van der Waals surface area contributed by atoms with Gasteiger partial charge in [0.05, 0.1) is 19.2 Å². The Labute approximate surface area is 127 Å². The summed E-state index contributed by atoms with van der Waals surface area (Å²) in [5, 5.41) is 3.30. The van der Waals surface area contributed by atoms with Crippen LogP contribution in [0.3, 0.4) is 0 Å². The number of methoxy groups -OCH3 is 1. The summed E-state index contributed by atoms with van der Waals surface area (Å²) < 4.78 is 5.37. The molecule has 0 unspecified atom stereocenters. The monoisotopic (exact) mass is 290 g/mol. The fourth-order valence-electron chi connectivity index (χ4n) is 2.55. The molecule has 0 atom stereocenters. The molecule has 0 radical (unpaired) electrons. The van der Waals surface area contributed by atoms with Crippen LogP contribution >= 0.6 is 0 Å². The Morgan fingerprint density at radius 3 is 2.52 bits per heavy atom. The molecular formula is C17H26N2O2. The lowest BCUT2D eigenvalue weighted by Gasteiger charge is -2.27. The molecule has 21 heavy (non-hydrogen) atoms. The van der Waals surface area contributed by atoms with E-state index in [0.717, 1.165) is 31.7 Å². The molecule has 1 N–H and O–H groups in total. The Morgan fingerprint density at radius 1 is 1.29 bits per heavy atom. The molecule has 4 heteroatoms. The van der Waals surface area contributed by atoms with Gasteiger partial charge in [0.15, 0.2) is 5.78 Å². The predicted molar refractivity (Wildman–Crippen MR) is 85.3 cm³/mol. The lowest BCUT2D eigenvalue weighted by Crippen LogP contribution is -2.45. The van der Waals surface area contributed by atoms with Gasteiger partial charge in [-0.3, -0.25) is 9.69 Å². The van der Waals surface area contributed by atoms with Crippen molar-refractivity contribution < 1.29 is 9.53 Å². The number of ether oxygens (including phenoxy) is 1. The average Bonchev–Trinajstić information content (AvgIpc) is 2.46. The maximum atomic E-state index is 12.6. The highest BCUT2D eigenvalue weighted by molar-refractivity contribution is 6.00. The number of carbonyl (C=O) groups is 1. The third-order valence-electron chi connectivity index (χ3n) is 3.94. The Morgan fingerprint density at radius 2 is 1.95 bits per heavy atom. The third-order valence-corrected chi connectivity index (χ3v) is 3.94. The van der Waals surface area contributed by atoms with Gasteiger partial charge in [0.2, 0.25) is 0 Å². The van der Waals surface area contributed by atoms with E-state index in [9.17, 15) is 4.79 Å². The molecule has 1 heterocycles. The van der Waals surface area contributed by atoms with E-state index in [1.165, 1.54) is 0 Å². The van der Waals surface area contributed by atoms with Crippen molar-refractivity contribution in [3.8, 4) is 5.75 Å². The maximum Gasteiger partial charge on any atom is 0.180 e. The van der Waals surface area contributed by atoms with Gasteiger partial charge in [0, 0.05) is 26.2 Å². The number of hydrogen-bond acceptors (Lipinski definition) is 4. The number of rotatable bonds is 4. The molecule has 2 rings (SSSR count). The fraction of sp³-hybridized carbons (Fsp3) is 0.588. The van der Waals surface area contributed by atoms with Crippen LogP contribution in [-0.4, -0.2) is 50.5 Å². The van der Waals surface area contributed by atoms with E-state index in [-0.39, 0.29) is 11.2 Å². The summed E-state index contributed by atoms with van der Waals surface area (Å²) in [5.74, 6) is 0.808. The summed E-state index contributed by atoms with van der Waals surface area (Å²) in [5.41, 5.74) is 1.88. The van der Waals surface area contributed by atoms with Gasteiger partial charge in [0.1, 0.15) is 5.75 Å². The van der Waals surface area contributed by atoms with E-state index >= 15 is 0 Å². The smallest absolute Gasteiger partial charge is 0.180 e. The zero-order valence-corrected chi connectivity index (χ0v) is 13.5. The molecule has 0 amide bonds. The van der Waals surface area contributed by atoms with Crippen molar-refractivity contribution >= 4 is 5.78 Å². The Bertz CT molecular complexity index is 500. The van der Waals surface area contributed by atoms with Gasteiger partial charge >= 0.3 is 0 Å². The van der Waals surface area contributed by atoms with Crippen molar-refractivity contribution in [3.05, 3.63) is 29.3 Å². The summed E-state index contributed by atoms with van der Waals surface area (Å²) in [4.78, 5) is 14.8. The fourth-order valence-corrected chi connectivity index (χ4v) is 2.55. The first-order valence-electron chi connectivity index (χ1n) is 7.56. The molecule has 4 nitrogen and oxygen atoms in total. The summed E-state index contributed by atoms with van der Waals surface area (Å²) in [6.07, 6.45) is 0. The minimum Gasteiger partial charge on any atom is -0.496 e. The van der Waals surface area contributed by atoms with E-state index < -0.39 is 0 Å². The van der Waals surface area contributed by atoms with Crippen LogP contribution in [0, 0.1) is 0 Å². The van der Waals surface area contributed by atoms with E-state index in [4.69, 9.17) is 4.74 Å². The number of Topliss-reactive ketones (excluding diaryl/α,β-unsaturated/α-hetero) is 1. The van der Waals surface area contributed by atoms with Gasteiger partial charge in [-0.15, -0.1) is 0 Å². The molecule has 1 fully saturated rings. The van der Waals surface area contributed by atoms with Crippen LogP contribution in [0.15, 0.2) is 18.2 Å². The van der Waals surface area contributed by atoms with E-state index in [1.54, 1.807) is 7.11 Å². The summed E-state index contributed by atoms with van der Waals surface area (Å²) >= 11 is 0. The van der Waals surface area contributed by atoms with Gasteiger partial charge in [0.25, 0.3) is 0 Å². The van der Waals surface area contributed by atoms with Crippen molar-refractivity contribution in [1.82, 2.24) is 10.2 Å². The summed E-state index contributed by atoms with van der Waals surface area (Å²) in [6.45, 7) is 10.7. The molecule has 0 bridgehead atoms. The minimum absolute atomic E-state index is 0.0242. The normalized spacial score (nSPS) is 16.8. The number of benzene rings is 1. The predicted octanol–water partition coefficient (Wildman–Crippen LogP) is 2.08. The molecule has 1 aliphatic heterocycles. The molecule has 0 aromatic heterocycles. The number of piperazine rings is 1. The maximum absolute atomic E-state index is 12.6. The highest BCUT2D eigenvalue weighted by Crippen LogP contribution is 2.28. The quantitative estimate of drug-likeness (QED) is 0.862. The van der Waals surface area contributed by atoms with E-state index in [2.05, 4.69) is 31.0 Å².